The minimum absolute atomic E-state index is 0.0967. The van der Waals surface area contributed by atoms with E-state index < -0.39 is 0 Å². The first-order valence-corrected chi connectivity index (χ1v) is 8.24. The van der Waals surface area contributed by atoms with Gasteiger partial charge in [0, 0.05) is 30.3 Å². The molecule has 2 N–H and O–H groups in total. The van der Waals surface area contributed by atoms with E-state index in [4.69, 9.17) is 10.5 Å². The molecule has 104 valence electrons. The molecule has 2 aliphatic heterocycles. The largest absolute Gasteiger partial charge is 0.374 e. The van der Waals surface area contributed by atoms with Gasteiger partial charge in [0.05, 0.1) is 5.60 Å². The summed E-state index contributed by atoms with van der Waals surface area (Å²) in [7, 11) is 0. The molecule has 1 aromatic rings. The van der Waals surface area contributed by atoms with Crippen molar-refractivity contribution < 1.29 is 4.74 Å². The number of aromatic nitrogens is 1. The van der Waals surface area contributed by atoms with E-state index in [2.05, 4.69) is 17.1 Å². The van der Waals surface area contributed by atoms with Gasteiger partial charge >= 0.3 is 0 Å². The number of thioether (sulfide) groups is 1. The number of nitrogens with zero attached hydrogens (tertiary/aromatic N) is 1. The van der Waals surface area contributed by atoms with Crippen LogP contribution in [-0.2, 0) is 4.74 Å². The van der Waals surface area contributed by atoms with Gasteiger partial charge in [0.1, 0.15) is 0 Å². The van der Waals surface area contributed by atoms with E-state index in [0.717, 1.165) is 30.9 Å². The molecule has 3 atom stereocenters. The molecule has 0 amide bonds. The summed E-state index contributed by atoms with van der Waals surface area (Å²) in [5.74, 6) is 2.90. The molecule has 2 fully saturated rings. The predicted molar refractivity (Wildman–Crippen MR) is 79.3 cm³/mol. The Morgan fingerprint density at radius 1 is 1.53 bits per heavy atom. The van der Waals surface area contributed by atoms with Crippen LogP contribution in [0.15, 0.2) is 18.3 Å². The SMILES string of the molecule is Cc1ccc(C(N)C2CCOC3(CCSC3)C2)cn1. The van der Waals surface area contributed by atoms with E-state index in [-0.39, 0.29) is 11.6 Å². The highest BCUT2D eigenvalue weighted by atomic mass is 32.2. The Morgan fingerprint density at radius 3 is 3.11 bits per heavy atom. The van der Waals surface area contributed by atoms with Gasteiger partial charge in [-0.05, 0) is 49.5 Å². The number of nitrogens with two attached hydrogens (primary N) is 1. The first-order chi connectivity index (χ1) is 9.19. The van der Waals surface area contributed by atoms with Gasteiger partial charge in [0.2, 0.25) is 0 Å². The van der Waals surface area contributed by atoms with Crippen LogP contribution in [-0.4, -0.2) is 28.7 Å². The van der Waals surface area contributed by atoms with E-state index in [0.29, 0.717) is 5.92 Å². The van der Waals surface area contributed by atoms with Gasteiger partial charge in [-0.3, -0.25) is 4.98 Å². The van der Waals surface area contributed by atoms with E-state index in [1.807, 2.05) is 24.9 Å². The molecule has 19 heavy (non-hydrogen) atoms. The van der Waals surface area contributed by atoms with Gasteiger partial charge in [-0.15, -0.1) is 0 Å². The Kier molecular flexibility index (Phi) is 3.83. The first-order valence-electron chi connectivity index (χ1n) is 7.08. The standard InChI is InChI=1S/C15H22N2OS/c1-11-2-3-13(9-17-11)14(16)12-4-6-18-15(8-12)5-7-19-10-15/h2-3,9,12,14H,4-8,10,16H2,1H3. The molecular formula is C15H22N2OS. The minimum Gasteiger partial charge on any atom is -0.374 e. The number of hydrogen-bond donors (Lipinski definition) is 1. The summed E-state index contributed by atoms with van der Waals surface area (Å²) in [5.41, 5.74) is 8.80. The van der Waals surface area contributed by atoms with Crippen molar-refractivity contribution in [3.63, 3.8) is 0 Å². The van der Waals surface area contributed by atoms with E-state index >= 15 is 0 Å². The summed E-state index contributed by atoms with van der Waals surface area (Å²) in [5, 5.41) is 0. The molecule has 2 aliphatic rings. The number of ether oxygens (including phenoxy) is 1. The average Bonchev–Trinajstić information content (AvgIpc) is 2.87. The van der Waals surface area contributed by atoms with Crippen LogP contribution in [0.25, 0.3) is 0 Å². The summed E-state index contributed by atoms with van der Waals surface area (Å²) in [6.45, 7) is 2.87. The van der Waals surface area contributed by atoms with Gasteiger partial charge in [-0.25, -0.2) is 0 Å². The fraction of sp³-hybridized carbons (Fsp3) is 0.667. The fourth-order valence-electron chi connectivity index (χ4n) is 3.18. The van der Waals surface area contributed by atoms with Crippen LogP contribution in [0.1, 0.15) is 36.6 Å². The highest BCUT2D eigenvalue weighted by Crippen LogP contribution is 2.43. The highest BCUT2D eigenvalue weighted by Gasteiger charge is 2.42. The van der Waals surface area contributed by atoms with Crippen molar-refractivity contribution in [1.82, 2.24) is 4.98 Å². The van der Waals surface area contributed by atoms with Crippen LogP contribution in [0.2, 0.25) is 0 Å². The Labute approximate surface area is 119 Å². The topological polar surface area (TPSA) is 48.1 Å². The molecule has 3 heterocycles. The second kappa shape index (κ2) is 5.43. The number of aryl methyl sites for hydroxylation is 1. The zero-order chi connectivity index (χ0) is 13.3. The highest BCUT2D eigenvalue weighted by molar-refractivity contribution is 7.99. The van der Waals surface area contributed by atoms with Gasteiger partial charge < -0.3 is 10.5 Å². The first kappa shape index (κ1) is 13.4. The average molecular weight is 278 g/mol. The lowest BCUT2D eigenvalue weighted by atomic mass is 9.79. The van der Waals surface area contributed by atoms with Crippen molar-refractivity contribution in [1.29, 1.82) is 0 Å². The Hall–Kier alpha value is -0.580. The Bertz CT molecular complexity index is 428. The fourth-order valence-corrected chi connectivity index (χ4v) is 4.56. The van der Waals surface area contributed by atoms with Crippen molar-refractivity contribution in [2.75, 3.05) is 18.1 Å². The molecule has 0 aromatic carbocycles. The Morgan fingerprint density at radius 2 is 2.42 bits per heavy atom. The third-order valence-corrected chi connectivity index (χ3v) is 5.65. The van der Waals surface area contributed by atoms with Crippen LogP contribution in [0, 0.1) is 12.8 Å². The summed E-state index contributed by atoms with van der Waals surface area (Å²) < 4.78 is 6.07. The molecule has 0 bridgehead atoms. The van der Waals surface area contributed by atoms with Gasteiger partial charge in [-0.2, -0.15) is 11.8 Å². The van der Waals surface area contributed by atoms with Crippen molar-refractivity contribution in [2.45, 2.75) is 37.8 Å². The summed E-state index contributed by atoms with van der Waals surface area (Å²) in [6, 6.07) is 4.27. The zero-order valence-corrected chi connectivity index (χ0v) is 12.3. The number of pyridine rings is 1. The predicted octanol–water partition coefficient (Wildman–Crippen LogP) is 2.69. The maximum atomic E-state index is 6.47. The summed E-state index contributed by atoms with van der Waals surface area (Å²) >= 11 is 2.01. The molecule has 0 aliphatic carbocycles. The van der Waals surface area contributed by atoms with Gasteiger partial charge in [0.25, 0.3) is 0 Å². The minimum atomic E-state index is 0.0967. The van der Waals surface area contributed by atoms with Crippen molar-refractivity contribution in [3.8, 4) is 0 Å². The van der Waals surface area contributed by atoms with E-state index in [1.165, 1.54) is 17.7 Å². The molecule has 0 radical (unpaired) electrons. The third kappa shape index (κ3) is 2.81. The summed E-state index contributed by atoms with van der Waals surface area (Å²) in [4.78, 5) is 4.37. The molecule has 1 spiro atoms. The molecule has 3 unspecified atom stereocenters. The van der Waals surface area contributed by atoms with Crippen LogP contribution in [0.3, 0.4) is 0 Å². The molecule has 4 heteroatoms. The Balaban J connectivity index is 1.72. The molecule has 3 nitrogen and oxygen atoms in total. The zero-order valence-electron chi connectivity index (χ0n) is 11.5. The second-order valence-corrected chi connectivity index (χ2v) is 6.95. The van der Waals surface area contributed by atoms with Gasteiger partial charge in [-0.1, -0.05) is 6.07 Å². The molecule has 1 aromatic heterocycles. The van der Waals surface area contributed by atoms with Crippen molar-refractivity contribution >= 4 is 11.8 Å². The maximum Gasteiger partial charge on any atom is 0.0783 e. The van der Waals surface area contributed by atoms with E-state index in [9.17, 15) is 0 Å². The molecule has 0 saturated carbocycles. The van der Waals surface area contributed by atoms with Crippen LogP contribution in [0.5, 0.6) is 0 Å². The quantitative estimate of drug-likeness (QED) is 0.903. The lowest BCUT2D eigenvalue weighted by Crippen LogP contribution is -2.42. The molecule has 3 rings (SSSR count). The lowest BCUT2D eigenvalue weighted by molar-refractivity contribution is -0.0834. The van der Waals surface area contributed by atoms with Crippen molar-refractivity contribution in [2.24, 2.45) is 11.7 Å². The van der Waals surface area contributed by atoms with Crippen molar-refractivity contribution in [3.05, 3.63) is 29.6 Å². The van der Waals surface area contributed by atoms with Gasteiger partial charge in [0.15, 0.2) is 0 Å². The van der Waals surface area contributed by atoms with E-state index in [1.54, 1.807) is 0 Å². The number of hydrogen-bond acceptors (Lipinski definition) is 4. The number of rotatable bonds is 2. The third-order valence-electron chi connectivity index (χ3n) is 4.43. The van der Waals surface area contributed by atoms with Crippen LogP contribution < -0.4 is 5.73 Å². The molecule has 2 saturated heterocycles. The summed E-state index contributed by atoms with van der Waals surface area (Å²) in [6.07, 6.45) is 5.30. The second-order valence-electron chi connectivity index (χ2n) is 5.85. The lowest BCUT2D eigenvalue weighted by Gasteiger charge is -2.40. The maximum absolute atomic E-state index is 6.47. The molecular weight excluding hydrogens is 256 g/mol. The monoisotopic (exact) mass is 278 g/mol. The normalized spacial score (nSPS) is 32.6. The van der Waals surface area contributed by atoms with Crippen LogP contribution >= 0.6 is 11.8 Å². The smallest absolute Gasteiger partial charge is 0.0783 e. The van der Waals surface area contributed by atoms with Crippen LogP contribution in [0.4, 0.5) is 0 Å².